The summed E-state index contributed by atoms with van der Waals surface area (Å²) in [5.74, 6) is 0. The summed E-state index contributed by atoms with van der Waals surface area (Å²) in [7, 11) is -3.09. The van der Waals surface area contributed by atoms with Crippen LogP contribution in [0.5, 0.6) is 0 Å². The molecule has 1 aromatic carbocycles. The van der Waals surface area contributed by atoms with Gasteiger partial charge in [0.15, 0.2) is 0 Å². The lowest BCUT2D eigenvalue weighted by molar-refractivity contribution is -0.137. The Bertz CT molecular complexity index is 1040. The van der Waals surface area contributed by atoms with E-state index >= 15 is 0 Å². The maximum atomic E-state index is 13.3. The van der Waals surface area contributed by atoms with Crippen LogP contribution >= 0.6 is 0 Å². The highest BCUT2D eigenvalue weighted by molar-refractivity contribution is 7.88. The SMILES string of the molecule is CC1=C(CCCCCCN2CCN(S(C)(=O)=O)CC2)CN(c2ccc(C#N)c(C(F)(F)F)c2)C1. The molecule has 1 saturated heterocycles. The van der Waals surface area contributed by atoms with Crippen molar-refractivity contribution in [2.75, 3.05) is 57.0 Å². The van der Waals surface area contributed by atoms with Gasteiger partial charge in [0.25, 0.3) is 0 Å². The lowest BCUT2D eigenvalue weighted by atomic mass is 10.0. The van der Waals surface area contributed by atoms with E-state index < -0.39 is 21.8 Å². The number of alkyl halides is 3. The number of hydrogen-bond donors (Lipinski definition) is 0. The van der Waals surface area contributed by atoms with Crippen LogP contribution in [0.1, 0.15) is 50.2 Å². The van der Waals surface area contributed by atoms with Crippen LogP contribution in [-0.2, 0) is 16.2 Å². The van der Waals surface area contributed by atoms with Gasteiger partial charge in [-0.3, -0.25) is 0 Å². The fourth-order valence-electron chi connectivity index (χ4n) is 4.67. The third-order valence-electron chi connectivity index (χ3n) is 6.71. The second-order valence-electron chi connectivity index (χ2n) is 9.25. The first-order valence-electron chi connectivity index (χ1n) is 11.7. The Morgan fingerprint density at radius 3 is 2.32 bits per heavy atom. The summed E-state index contributed by atoms with van der Waals surface area (Å²) in [5.41, 5.74) is 1.77. The van der Waals surface area contributed by atoms with Crippen molar-refractivity contribution in [1.82, 2.24) is 9.21 Å². The van der Waals surface area contributed by atoms with E-state index in [-0.39, 0.29) is 5.56 Å². The lowest BCUT2D eigenvalue weighted by Crippen LogP contribution is -2.48. The first-order chi connectivity index (χ1) is 16.0. The number of benzene rings is 1. The van der Waals surface area contributed by atoms with Crippen LogP contribution in [0, 0.1) is 11.3 Å². The number of rotatable bonds is 9. The van der Waals surface area contributed by atoms with Crippen molar-refractivity contribution in [1.29, 1.82) is 5.26 Å². The van der Waals surface area contributed by atoms with Gasteiger partial charge in [-0.1, -0.05) is 24.0 Å². The molecule has 0 bridgehead atoms. The van der Waals surface area contributed by atoms with Crippen LogP contribution in [0.15, 0.2) is 29.3 Å². The van der Waals surface area contributed by atoms with Crippen LogP contribution in [0.25, 0.3) is 0 Å². The quantitative estimate of drug-likeness (QED) is 0.376. The van der Waals surface area contributed by atoms with Crippen molar-refractivity contribution < 1.29 is 21.6 Å². The fraction of sp³-hybridized carbons (Fsp3) is 0.625. The molecule has 10 heteroatoms. The molecule has 0 saturated carbocycles. The zero-order valence-electron chi connectivity index (χ0n) is 19.9. The van der Waals surface area contributed by atoms with Crippen molar-refractivity contribution in [2.24, 2.45) is 0 Å². The molecule has 0 aliphatic carbocycles. The molecule has 0 radical (unpaired) electrons. The summed E-state index contributed by atoms with van der Waals surface area (Å²) >= 11 is 0. The minimum Gasteiger partial charge on any atom is -0.364 e. The van der Waals surface area contributed by atoms with Crippen molar-refractivity contribution >= 4 is 15.7 Å². The Labute approximate surface area is 200 Å². The Morgan fingerprint density at radius 2 is 1.71 bits per heavy atom. The molecule has 0 N–H and O–H groups in total. The number of piperazine rings is 1. The Hall–Kier alpha value is -2.09. The molecule has 2 heterocycles. The van der Waals surface area contributed by atoms with Crippen LogP contribution in [-0.4, -0.2) is 69.7 Å². The van der Waals surface area contributed by atoms with Gasteiger partial charge in [-0.25, -0.2) is 8.42 Å². The summed E-state index contributed by atoms with van der Waals surface area (Å²) in [4.78, 5) is 4.26. The Balaban J connectivity index is 1.39. The topological polar surface area (TPSA) is 67.7 Å². The van der Waals surface area contributed by atoms with Crippen LogP contribution in [0.2, 0.25) is 0 Å². The molecule has 1 aromatic rings. The first-order valence-corrected chi connectivity index (χ1v) is 13.5. The molecular weight excluding hydrogens is 465 g/mol. The Morgan fingerprint density at radius 1 is 1.03 bits per heavy atom. The molecule has 188 valence electrons. The van der Waals surface area contributed by atoms with Crippen molar-refractivity contribution in [3.05, 3.63) is 40.5 Å². The summed E-state index contributed by atoms with van der Waals surface area (Å²) in [6.45, 7) is 6.93. The summed E-state index contributed by atoms with van der Waals surface area (Å²) < 4.78 is 64.6. The maximum Gasteiger partial charge on any atom is 0.417 e. The smallest absolute Gasteiger partial charge is 0.364 e. The monoisotopic (exact) mass is 498 g/mol. The molecule has 0 unspecified atom stereocenters. The van der Waals surface area contributed by atoms with Gasteiger partial charge in [0.2, 0.25) is 10.0 Å². The lowest BCUT2D eigenvalue weighted by Gasteiger charge is -2.33. The van der Waals surface area contributed by atoms with Gasteiger partial charge in [-0.05, 0) is 50.9 Å². The second-order valence-corrected chi connectivity index (χ2v) is 11.2. The van der Waals surface area contributed by atoms with E-state index in [4.69, 9.17) is 5.26 Å². The molecule has 1 fully saturated rings. The van der Waals surface area contributed by atoms with E-state index in [1.165, 1.54) is 27.8 Å². The van der Waals surface area contributed by atoms with Gasteiger partial charge in [-0.2, -0.15) is 22.7 Å². The summed E-state index contributed by atoms with van der Waals surface area (Å²) in [6.07, 6.45) is 1.97. The van der Waals surface area contributed by atoms with Gasteiger partial charge in [-0.15, -0.1) is 0 Å². The third kappa shape index (κ3) is 6.96. The Kier molecular flexibility index (Phi) is 8.66. The van der Waals surface area contributed by atoms with E-state index in [1.807, 2.05) is 11.8 Å². The number of sulfonamides is 1. The van der Waals surface area contributed by atoms with E-state index in [0.29, 0.717) is 31.9 Å². The zero-order chi connectivity index (χ0) is 24.9. The second kappa shape index (κ2) is 11.1. The average Bonchev–Trinajstić information content (AvgIpc) is 3.15. The van der Waals surface area contributed by atoms with E-state index in [1.54, 1.807) is 12.1 Å². The van der Waals surface area contributed by atoms with Crippen LogP contribution < -0.4 is 4.90 Å². The van der Waals surface area contributed by atoms with E-state index in [2.05, 4.69) is 4.90 Å². The third-order valence-corrected chi connectivity index (χ3v) is 8.01. The normalized spacial score (nSPS) is 18.5. The van der Waals surface area contributed by atoms with Crippen LogP contribution in [0.3, 0.4) is 0 Å². The van der Waals surface area contributed by atoms with Gasteiger partial charge in [0, 0.05) is 45.0 Å². The van der Waals surface area contributed by atoms with E-state index in [9.17, 15) is 21.6 Å². The molecule has 0 amide bonds. The predicted molar refractivity (Wildman–Crippen MR) is 127 cm³/mol. The largest absolute Gasteiger partial charge is 0.417 e. The highest BCUT2D eigenvalue weighted by atomic mass is 32.2. The highest BCUT2D eigenvalue weighted by Crippen LogP contribution is 2.36. The van der Waals surface area contributed by atoms with Gasteiger partial charge in [0.05, 0.1) is 23.5 Å². The zero-order valence-corrected chi connectivity index (χ0v) is 20.7. The molecule has 2 aliphatic heterocycles. The fourth-order valence-corrected chi connectivity index (χ4v) is 5.49. The van der Waals surface area contributed by atoms with Crippen molar-refractivity contribution in [3.63, 3.8) is 0 Å². The average molecular weight is 499 g/mol. The molecule has 34 heavy (non-hydrogen) atoms. The number of nitriles is 1. The van der Waals surface area contributed by atoms with Crippen molar-refractivity contribution in [2.45, 2.75) is 45.2 Å². The molecule has 3 rings (SSSR count). The maximum absolute atomic E-state index is 13.3. The van der Waals surface area contributed by atoms with Gasteiger partial charge in [0.1, 0.15) is 0 Å². The number of hydrogen-bond acceptors (Lipinski definition) is 5. The number of anilines is 1. The van der Waals surface area contributed by atoms with E-state index in [0.717, 1.165) is 57.8 Å². The summed E-state index contributed by atoms with van der Waals surface area (Å²) in [6, 6.07) is 5.57. The minimum absolute atomic E-state index is 0.349. The standard InChI is InChI=1S/C24H33F3N4O2S/c1-19-17-30(22-9-8-20(16-28)23(15-22)24(25,26)27)18-21(19)7-5-3-4-6-10-29-11-13-31(14-12-29)34(2,32)33/h8-9,15H,3-7,10-14,17-18H2,1-2H3. The first kappa shape index (κ1) is 26.5. The molecule has 6 nitrogen and oxygen atoms in total. The molecular formula is C24H33F3N4O2S. The van der Waals surface area contributed by atoms with Gasteiger partial charge < -0.3 is 9.80 Å². The van der Waals surface area contributed by atoms with Crippen molar-refractivity contribution in [3.8, 4) is 6.07 Å². The minimum atomic E-state index is -4.55. The molecule has 0 spiro atoms. The number of nitrogens with zero attached hydrogens (tertiary/aromatic N) is 4. The highest BCUT2D eigenvalue weighted by Gasteiger charge is 2.34. The summed E-state index contributed by atoms with van der Waals surface area (Å²) in [5, 5.41) is 9.00. The van der Waals surface area contributed by atoms with Gasteiger partial charge >= 0.3 is 6.18 Å². The van der Waals surface area contributed by atoms with Crippen LogP contribution in [0.4, 0.5) is 18.9 Å². The predicted octanol–water partition coefficient (Wildman–Crippen LogP) is 4.24. The molecule has 0 atom stereocenters. The molecule has 2 aliphatic rings. The number of unbranched alkanes of at least 4 members (excludes halogenated alkanes) is 3. The molecule has 0 aromatic heterocycles. The number of halogens is 3.